The van der Waals surface area contributed by atoms with E-state index in [9.17, 15) is 9.59 Å². The van der Waals surface area contributed by atoms with Crippen LogP contribution < -0.4 is 15.4 Å². The number of carbonyl (C=O) groups is 2. The molecule has 8 heteroatoms. The van der Waals surface area contributed by atoms with Gasteiger partial charge in [0.05, 0.1) is 25.0 Å². The Labute approximate surface area is 169 Å². The van der Waals surface area contributed by atoms with E-state index in [1.165, 1.54) is 7.11 Å². The van der Waals surface area contributed by atoms with Gasteiger partial charge in [0.25, 0.3) is 5.91 Å². The van der Waals surface area contributed by atoms with Crippen LogP contribution in [-0.4, -0.2) is 43.9 Å². The Kier molecular flexibility index (Phi) is 8.38. The highest BCUT2D eigenvalue weighted by Gasteiger charge is 2.13. The lowest BCUT2D eigenvalue weighted by Gasteiger charge is -2.12. The maximum atomic E-state index is 12.3. The number of para-hydroxylation sites is 1. The molecule has 0 fully saturated rings. The molecule has 1 amide bonds. The Hall–Kier alpha value is -2.97. The van der Waals surface area contributed by atoms with Gasteiger partial charge in [-0.1, -0.05) is 12.1 Å². The Morgan fingerprint density at radius 3 is 2.43 bits per heavy atom. The lowest BCUT2D eigenvalue weighted by Crippen LogP contribution is -2.34. The minimum atomic E-state index is -0.503. The van der Waals surface area contributed by atoms with Gasteiger partial charge in [0.1, 0.15) is 12.4 Å². The number of hydrogen-bond acceptors (Lipinski definition) is 6. The minimum absolute atomic E-state index is 0.0680. The van der Waals surface area contributed by atoms with Crippen LogP contribution in [0.25, 0.3) is 0 Å². The number of rotatable bonds is 8. The molecule has 7 nitrogen and oxygen atoms in total. The first-order valence-corrected chi connectivity index (χ1v) is 9.06. The Bertz CT molecular complexity index is 824. The molecule has 0 aromatic heterocycles. The van der Waals surface area contributed by atoms with Crippen LogP contribution in [0.2, 0.25) is 0 Å². The van der Waals surface area contributed by atoms with Crippen molar-refractivity contribution in [3.05, 3.63) is 59.7 Å². The molecule has 2 rings (SSSR count). The van der Waals surface area contributed by atoms with E-state index in [0.717, 1.165) is 0 Å². The number of anilines is 1. The Morgan fingerprint density at radius 2 is 1.75 bits per heavy atom. The first-order valence-electron chi connectivity index (χ1n) is 8.65. The summed E-state index contributed by atoms with van der Waals surface area (Å²) in [7, 11) is 1.30. The fourth-order valence-electron chi connectivity index (χ4n) is 2.27. The number of benzene rings is 2. The summed E-state index contributed by atoms with van der Waals surface area (Å²) in [6.07, 6.45) is 0. The molecule has 28 heavy (non-hydrogen) atoms. The maximum Gasteiger partial charge on any atom is 0.339 e. The third-order valence-corrected chi connectivity index (χ3v) is 3.83. The lowest BCUT2D eigenvalue weighted by molar-refractivity contribution is 0.0602. The van der Waals surface area contributed by atoms with Crippen LogP contribution in [0.5, 0.6) is 5.75 Å². The molecule has 0 unspecified atom stereocenters. The van der Waals surface area contributed by atoms with Gasteiger partial charge >= 0.3 is 5.97 Å². The second-order valence-corrected chi connectivity index (χ2v) is 5.92. The van der Waals surface area contributed by atoms with Crippen molar-refractivity contribution in [1.82, 2.24) is 5.32 Å². The molecule has 0 aliphatic rings. The fraction of sp³-hybridized carbons (Fsp3) is 0.250. The van der Waals surface area contributed by atoms with Crippen molar-refractivity contribution < 1.29 is 23.8 Å². The van der Waals surface area contributed by atoms with Crippen molar-refractivity contribution in [2.75, 3.05) is 32.2 Å². The van der Waals surface area contributed by atoms with Gasteiger partial charge < -0.3 is 19.5 Å². The van der Waals surface area contributed by atoms with Crippen LogP contribution >= 0.6 is 12.2 Å². The molecule has 0 spiro atoms. The van der Waals surface area contributed by atoms with Gasteiger partial charge in [-0.25, -0.2) is 4.79 Å². The second kappa shape index (κ2) is 11.0. The Balaban J connectivity index is 1.92. The number of thiocarbonyl (C=S) groups is 1. The van der Waals surface area contributed by atoms with Gasteiger partial charge in [0, 0.05) is 12.2 Å². The molecule has 2 aromatic carbocycles. The minimum Gasteiger partial charge on any atom is -0.491 e. The summed E-state index contributed by atoms with van der Waals surface area (Å²) in [5.41, 5.74) is 1.18. The third-order valence-electron chi connectivity index (χ3n) is 3.62. The van der Waals surface area contributed by atoms with Gasteiger partial charge in [0.2, 0.25) is 0 Å². The van der Waals surface area contributed by atoms with E-state index in [2.05, 4.69) is 10.6 Å². The van der Waals surface area contributed by atoms with Gasteiger partial charge in [-0.15, -0.1) is 0 Å². The number of carbonyl (C=O) groups excluding carboxylic acids is 2. The zero-order valence-corrected chi connectivity index (χ0v) is 16.5. The van der Waals surface area contributed by atoms with Crippen LogP contribution in [0, 0.1) is 0 Å². The number of esters is 1. The summed E-state index contributed by atoms with van der Waals surface area (Å²) in [5, 5.41) is 5.48. The Morgan fingerprint density at radius 1 is 1.04 bits per heavy atom. The smallest absolute Gasteiger partial charge is 0.339 e. The predicted molar refractivity (Wildman–Crippen MR) is 110 cm³/mol. The second-order valence-electron chi connectivity index (χ2n) is 5.52. The topological polar surface area (TPSA) is 85.9 Å². The standard InChI is InChI=1S/C20H22N2O5S/c1-3-26-12-13-27-15-10-8-14(9-11-15)18(23)22-20(28)21-17-7-5-4-6-16(17)19(24)25-2/h4-11H,3,12-13H2,1-2H3,(H2,21,22,23,28). The average molecular weight is 402 g/mol. The summed E-state index contributed by atoms with van der Waals surface area (Å²) < 4.78 is 15.4. The molecule has 0 aliphatic heterocycles. The molecular formula is C20H22N2O5S. The monoisotopic (exact) mass is 402 g/mol. The van der Waals surface area contributed by atoms with E-state index in [1.807, 2.05) is 6.92 Å². The van der Waals surface area contributed by atoms with Crippen molar-refractivity contribution in [2.24, 2.45) is 0 Å². The molecule has 0 radical (unpaired) electrons. The molecule has 0 atom stereocenters. The maximum absolute atomic E-state index is 12.3. The third kappa shape index (κ3) is 6.33. The molecule has 2 aromatic rings. The van der Waals surface area contributed by atoms with E-state index in [4.69, 9.17) is 26.4 Å². The van der Waals surface area contributed by atoms with Crippen LogP contribution in [0.15, 0.2) is 48.5 Å². The van der Waals surface area contributed by atoms with Crippen LogP contribution in [0.4, 0.5) is 5.69 Å². The normalized spacial score (nSPS) is 10.1. The number of nitrogens with one attached hydrogen (secondary N) is 2. The van der Waals surface area contributed by atoms with E-state index < -0.39 is 5.97 Å². The summed E-state index contributed by atoms with van der Waals surface area (Å²) in [5.74, 6) is -0.241. The molecule has 0 aliphatic carbocycles. The summed E-state index contributed by atoms with van der Waals surface area (Å²) >= 11 is 5.17. The summed E-state index contributed by atoms with van der Waals surface area (Å²) in [6.45, 7) is 3.50. The number of amides is 1. The zero-order chi connectivity index (χ0) is 20.4. The largest absolute Gasteiger partial charge is 0.491 e. The fourth-order valence-corrected chi connectivity index (χ4v) is 2.48. The van der Waals surface area contributed by atoms with E-state index >= 15 is 0 Å². The highest BCUT2D eigenvalue weighted by atomic mass is 32.1. The molecule has 2 N–H and O–H groups in total. The molecule has 0 saturated carbocycles. The molecule has 0 bridgehead atoms. The van der Waals surface area contributed by atoms with Crippen molar-refractivity contribution in [1.29, 1.82) is 0 Å². The van der Waals surface area contributed by atoms with Crippen LogP contribution in [0.1, 0.15) is 27.6 Å². The van der Waals surface area contributed by atoms with Gasteiger partial charge in [-0.05, 0) is 55.5 Å². The van der Waals surface area contributed by atoms with Crippen LogP contribution in [0.3, 0.4) is 0 Å². The summed E-state index contributed by atoms with van der Waals surface area (Å²) in [6, 6.07) is 13.4. The van der Waals surface area contributed by atoms with Crippen molar-refractivity contribution >= 4 is 34.9 Å². The molecule has 148 valence electrons. The first-order chi connectivity index (χ1) is 13.5. The quantitative estimate of drug-likeness (QED) is 0.399. The number of hydrogen-bond donors (Lipinski definition) is 2. The average Bonchev–Trinajstić information content (AvgIpc) is 2.71. The number of ether oxygens (including phenoxy) is 3. The van der Waals surface area contributed by atoms with Crippen LogP contribution in [-0.2, 0) is 9.47 Å². The van der Waals surface area contributed by atoms with E-state index in [-0.39, 0.29) is 11.0 Å². The highest BCUT2D eigenvalue weighted by Crippen LogP contribution is 2.16. The van der Waals surface area contributed by atoms with Gasteiger partial charge in [-0.2, -0.15) is 0 Å². The SMILES string of the molecule is CCOCCOc1ccc(C(=O)NC(=S)Nc2ccccc2C(=O)OC)cc1. The molecule has 0 heterocycles. The molecular weight excluding hydrogens is 380 g/mol. The molecule has 0 saturated heterocycles. The summed E-state index contributed by atoms with van der Waals surface area (Å²) in [4.78, 5) is 24.1. The predicted octanol–water partition coefficient (Wildman–Crippen LogP) is 3.02. The highest BCUT2D eigenvalue weighted by molar-refractivity contribution is 7.80. The van der Waals surface area contributed by atoms with E-state index in [0.29, 0.717) is 42.4 Å². The zero-order valence-electron chi connectivity index (χ0n) is 15.7. The first kappa shape index (κ1) is 21.3. The van der Waals surface area contributed by atoms with Crippen molar-refractivity contribution in [3.8, 4) is 5.75 Å². The number of methoxy groups -OCH3 is 1. The van der Waals surface area contributed by atoms with Gasteiger partial charge in [0.15, 0.2) is 5.11 Å². The van der Waals surface area contributed by atoms with Gasteiger partial charge in [-0.3, -0.25) is 10.1 Å². The van der Waals surface area contributed by atoms with Crippen molar-refractivity contribution in [3.63, 3.8) is 0 Å². The van der Waals surface area contributed by atoms with E-state index in [1.54, 1.807) is 48.5 Å². The lowest BCUT2D eigenvalue weighted by atomic mass is 10.2. The van der Waals surface area contributed by atoms with Crippen molar-refractivity contribution in [2.45, 2.75) is 6.92 Å².